The zero-order chi connectivity index (χ0) is 14.5. The van der Waals surface area contributed by atoms with Gasteiger partial charge in [0.15, 0.2) is 0 Å². The summed E-state index contributed by atoms with van der Waals surface area (Å²) >= 11 is 0. The summed E-state index contributed by atoms with van der Waals surface area (Å²) in [7, 11) is 1.80. The Hall–Kier alpha value is -2.56. The van der Waals surface area contributed by atoms with Crippen LogP contribution in [0, 0.1) is 5.82 Å². The van der Waals surface area contributed by atoms with E-state index in [1.807, 2.05) is 12.1 Å². The van der Waals surface area contributed by atoms with Crippen molar-refractivity contribution in [1.29, 1.82) is 0 Å². The normalized spacial score (nSPS) is 10.1. The largest absolute Gasteiger partial charge is 0.399 e. The Morgan fingerprint density at radius 2 is 1.95 bits per heavy atom. The molecule has 104 valence electrons. The number of carbonyl (C=O) groups is 1. The van der Waals surface area contributed by atoms with E-state index in [9.17, 15) is 9.18 Å². The molecule has 0 heterocycles. The topological polar surface area (TPSA) is 58.4 Å². The molecule has 0 aliphatic rings. The minimum Gasteiger partial charge on any atom is -0.399 e. The minimum absolute atomic E-state index is 0.179. The molecule has 0 fully saturated rings. The molecular weight excluding hydrogens is 257 g/mol. The number of benzene rings is 2. The summed E-state index contributed by atoms with van der Waals surface area (Å²) in [6.07, 6.45) is 0. The highest BCUT2D eigenvalue weighted by atomic mass is 19.1. The Balaban J connectivity index is 1.95. The van der Waals surface area contributed by atoms with Crippen LogP contribution in [0.15, 0.2) is 48.5 Å². The number of hydrogen-bond acceptors (Lipinski definition) is 3. The third-order valence-electron chi connectivity index (χ3n) is 2.82. The molecule has 0 atom stereocenters. The van der Waals surface area contributed by atoms with Crippen molar-refractivity contribution in [2.75, 3.05) is 29.5 Å². The van der Waals surface area contributed by atoms with Crippen molar-refractivity contribution in [3.05, 3.63) is 54.3 Å². The van der Waals surface area contributed by atoms with Crippen LogP contribution in [-0.4, -0.2) is 19.5 Å². The molecule has 0 saturated carbocycles. The predicted octanol–water partition coefficient (Wildman–Crippen LogP) is 2.48. The van der Waals surface area contributed by atoms with E-state index in [1.165, 1.54) is 24.3 Å². The lowest BCUT2D eigenvalue weighted by atomic mass is 10.2. The molecule has 5 heteroatoms. The van der Waals surface area contributed by atoms with Gasteiger partial charge < -0.3 is 16.0 Å². The highest BCUT2D eigenvalue weighted by molar-refractivity contribution is 5.94. The zero-order valence-electron chi connectivity index (χ0n) is 11.1. The van der Waals surface area contributed by atoms with Gasteiger partial charge in [0.25, 0.3) is 0 Å². The molecule has 0 saturated heterocycles. The lowest BCUT2D eigenvalue weighted by Gasteiger charge is -2.19. The summed E-state index contributed by atoms with van der Waals surface area (Å²) in [6.45, 7) is 0.181. The molecule has 0 aliphatic carbocycles. The third kappa shape index (κ3) is 3.71. The van der Waals surface area contributed by atoms with Gasteiger partial charge in [-0.1, -0.05) is 6.07 Å². The van der Waals surface area contributed by atoms with Crippen LogP contribution in [0.2, 0.25) is 0 Å². The Morgan fingerprint density at radius 1 is 1.25 bits per heavy atom. The molecule has 4 nitrogen and oxygen atoms in total. The van der Waals surface area contributed by atoms with Crippen molar-refractivity contribution in [2.45, 2.75) is 0 Å². The fourth-order valence-electron chi connectivity index (χ4n) is 1.80. The van der Waals surface area contributed by atoms with E-state index in [1.54, 1.807) is 24.1 Å². The summed E-state index contributed by atoms with van der Waals surface area (Å²) in [4.78, 5) is 13.7. The quantitative estimate of drug-likeness (QED) is 0.841. The molecule has 2 aromatic carbocycles. The van der Waals surface area contributed by atoms with Gasteiger partial charge in [0, 0.05) is 24.1 Å². The number of amides is 1. The minimum atomic E-state index is -0.333. The second kappa shape index (κ2) is 6.06. The number of nitrogens with two attached hydrogens (primary N) is 1. The number of carbonyl (C=O) groups excluding carboxylic acids is 1. The van der Waals surface area contributed by atoms with E-state index in [0.717, 1.165) is 5.69 Å². The first kappa shape index (κ1) is 13.9. The number of anilines is 3. The van der Waals surface area contributed by atoms with E-state index >= 15 is 0 Å². The SMILES string of the molecule is CN(CC(=O)Nc1ccc(F)cc1)c1cccc(N)c1. The Kier molecular flexibility index (Phi) is 4.20. The average molecular weight is 273 g/mol. The van der Waals surface area contributed by atoms with Crippen molar-refractivity contribution in [2.24, 2.45) is 0 Å². The van der Waals surface area contributed by atoms with Crippen LogP contribution in [0.3, 0.4) is 0 Å². The molecule has 2 rings (SSSR count). The number of nitrogen functional groups attached to an aromatic ring is 1. The molecule has 3 N–H and O–H groups in total. The molecule has 2 aromatic rings. The molecule has 0 aromatic heterocycles. The van der Waals surface area contributed by atoms with Crippen molar-refractivity contribution in [3.8, 4) is 0 Å². The van der Waals surface area contributed by atoms with Gasteiger partial charge in [0.1, 0.15) is 5.82 Å². The van der Waals surface area contributed by atoms with Gasteiger partial charge in [0.2, 0.25) is 5.91 Å². The molecule has 0 aliphatic heterocycles. The van der Waals surface area contributed by atoms with Crippen LogP contribution in [-0.2, 0) is 4.79 Å². The molecule has 20 heavy (non-hydrogen) atoms. The lowest BCUT2D eigenvalue weighted by molar-refractivity contribution is -0.114. The Labute approximate surface area is 117 Å². The first-order valence-electron chi connectivity index (χ1n) is 6.17. The number of hydrogen-bond donors (Lipinski definition) is 2. The average Bonchev–Trinajstić information content (AvgIpc) is 2.41. The van der Waals surface area contributed by atoms with E-state index in [0.29, 0.717) is 11.4 Å². The van der Waals surface area contributed by atoms with Gasteiger partial charge in [-0.2, -0.15) is 0 Å². The number of nitrogens with zero attached hydrogens (tertiary/aromatic N) is 1. The maximum Gasteiger partial charge on any atom is 0.243 e. The van der Waals surface area contributed by atoms with E-state index < -0.39 is 0 Å². The molecule has 0 radical (unpaired) electrons. The van der Waals surface area contributed by atoms with Gasteiger partial charge in [-0.15, -0.1) is 0 Å². The fourth-order valence-corrected chi connectivity index (χ4v) is 1.80. The van der Waals surface area contributed by atoms with Crippen molar-refractivity contribution < 1.29 is 9.18 Å². The first-order chi connectivity index (χ1) is 9.54. The summed E-state index contributed by atoms with van der Waals surface area (Å²) in [5, 5.41) is 2.71. The lowest BCUT2D eigenvalue weighted by Crippen LogP contribution is -2.30. The fraction of sp³-hybridized carbons (Fsp3) is 0.133. The maximum atomic E-state index is 12.8. The second-order valence-corrected chi connectivity index (χ2v) is 4.51. The van der Waals surface area contributed by atoms with Crippen molar-refractivity contribution in [1.82, 2.24) is 0 Å². The number of halogens is 1. The van der Waals surface area contributed by atoms with E-state index in [4.69, 9.17) is 5.73 Å². The molecule has 1 amide bonds. The smallest absolute Gasteiger partial charge is 0.243 e. The van der Waals surface area contributed by atoms with Crippen LogP contribution in [0.25, 0.3) is 0 Å². The zero-order valence-corrected chi connectivity index (χ0v) is 11.1. The van der Waals surface area contributed by atoms with Crippen molar-refractivity contribution in [3.63, 3.8) is 0 Å². The van der Waals surface area contributed by atoms with Crippen LogP contribution in [0.5, 0.6) is 0 Å². The van der Waals surface area contributed by atoms with Crippen LogP contribution in [0.1, 0.15) is 0 Å². The Bertz CT molecular complexity index is 598. The first-order valence-corrected chi connectivity index (χ1v) is 6.17. The number of rotatable bonds is 4. The van der Waals surface area contributed by atoms with Gasteiger partial charge in [-0.05, 0) is 42.5 Å². The van der Waals surface area contributed by atoms with Crippen LogP contribution >= 0.6 is 0 Å². The van der Waals surface area contributed by atoms with Crippen LogP contribution in [0.4, 0.5) is 21.5 Å². The van der Waals surface area contributed by atoms with Crippen molar-refractivity contribution >= 4 is 23.0 Å². The second-order valence-electron chi connectivity index (χ2n) is 4.51. The Morgan fingerprint density at radius 3 is 2.60 bits per heavy atom. The molecular formula is C15H16FN3O. The number of nitrogens with one attached hydrogen (secondary N) is 1. The standard InChI is InChI=1S/C15H16FN3O/c1-19(14-4-2-3-12(17)9-14)10-15(20)18-13-7-5-11(16)6-8-13/h2-9H,10,17H2,1H3,(H,18,20). The third-order valence-corrected chi connectivity index (χ3v) is 2.82. The van der Waals surface area contributed by atoms with E-state index in [-0.39, 0.29) is 18.3 Å². The predicted molar refractivity (Wildman–Crippen MR) is 79.2 cm³/mol. The number of likely N-dealkylation sites (N-methyl/N-ethyl adjacent to an activating group) is 1. The monoisotopic (exact) mass is 273 g/mol. The highest BCUT2D eigenvalue weighted by Gasteiger charge is 2.08. The van der Waals surface area contributed by atoms with Gasteiger partial charge >= 0.3 is 0 Å². The summed E-state index contributed by atoms with van der Waals surface area (Å²) in [5.74, 6) is -0.513. The molecule has 0 bridgehead atoms. The van der Waals surface area contributed by atoms with Gasteiger partial charge in [0.05, 0.1) is 6.54 Å². The van der Waals surface area contributed by atoms with Gasteiger partial charge in [-0.3, -0.25) is 4.79 Å². The molecule has 0 spiro atoms. The van der Waals surface area contributed by atoms with Gasteiger partial charge in [-0.25, -0.2) is 4.39 Å². The van der Waals surface area contributed by atoms with Crippen LogP contribution < -0.4 is 16.0 Å². The van der Waals surface area contributed by atoms with E-state index in [2.05, 4.69) is 5.32 Å². The maximum absolute atomic E-state index is 12.8. The highest BCUT2D eigenvalue weighted by Crippen LogP contribution is 2.16. The summed E-state index contributed by atoms with van der Waals surface area (Å²) < 4.78 is 12.8. The summed E-state index contributed by atoms with van der Waals surface area (Å²) in [6, 6.07) is 12.9. The molecule has 0 unspecified atom stereocenters. The summed E-state index contributed by atoms with van der Waals surface area (Å²) in [5.41, 5.74) is 7.78.